The predicted octanol–water partition coefficient (Wildman–Crippen LogP) is 11.5. The van der Waals surface area contributed by atoms with E-state index in [1.165, 1.54) is 12.1 Å². The lowest BCUT2D eigenvalue weighted by molar-refractivity contribution is -0.137. The van der Waals surface area contributed by atoms with Crippen LogP contribution in [0.15, 0.2) is 103 Å². The maximum absolute atomic E-state index is 14.7. The molecule has 2 aromatic heterocycles. The van der Waals surface area contributed by atoms with Crippen LogP contribution in [0.3, 0.4) is 0 Å². The fraction of sp³-hybridized carbons (Fsp3) is 0.231. The third kappa shape index (κ3) is 4.49. The first kappa shape index (κ1) is 28.3. The summed E-state index contributed by atoms with van der Waals surface area (Å²) < 4.78 is 48.1. The van der Waals surface area contributed by atoms with Gasteiger partial charge in [0.2, 0.25) is 0 Å². The monoisotopic (exact) mass is 588 g/mol. The first-order chi connectivity index (χ1) is 20.7. The molecule has 0 saturated heterocycles. The van der Waals surface area contributed by atoms with Gasteiger partial charge in [-0.3, -0.25) is 0 Å². The van der Waals surface area contributed by atoms with E-state index in [4.69, 9.17) is 0 Å². The fourth-order valence-corrected chi connectivity index (χ4v) is 6.45. The minimum absolute atomic E-state index is 0.123. The number of halogens is 3. The summed E-state index contributed by atoms with van der Waals surface area (Å²) in [6.45, 7) is 12.9. The molecule has 2 heterocycles. The lowest BCUT2D eigenvalue weighted by Gasteiger charge is -2.21. The van der Waals surface area contributed by atoms with Gasteiger partial charge in [0.15, 0.2) is 0 Å². The van der Waals surface area contributed by atoms with Crippen LogP contribution in [0.4, 0.5) is 13.2 Å². The molecule has 0 bridgehead atoms. The van der Waals surface area contributed by atoms with Gasteiger partial charge >= 0.3 is 6.18 Å². The Hall–Kier alpha value is -4.51. The highest BCUT2D eigenvalue weighted by Gasteiger charge is 2.32. The zero-order valence-electron chi connectivity index (χ0n) is 25.8. The highest BCUT2D eigenvalue weighted by molar-refractivity contribution is 6.10. The molecule has 44 heavy (non-hydrogen) atoms. The molecule has 0 radical (unpaired) electrons. The van der Waals surface area contributed by atoms with Crippen molar-refractivity contribution >= 4 is 43.6 Å². The maximum Gasteiger partial charge on any atom is 0.416 e. The highest BCUT2D eigenvalue weighted by atomic mass is 19.4. The van der Waals surface area contributed by atoms with Crippen molar-refractivity contribution in [3.63, 3.8) is 0 Å². The Morgan fingerprint density at radius 3 is 1.18 bits per heavy atom. The molecular weight excluding hydrogens is 553 g/mol. The van der Waals surface area contributed by atoms with Gasteiger partial charge in [-0.25, -0.2) is 0 Å². The third-order valence-electron chi connectivity index (χ3n) is 8.83. The number of hydrogen-bond acceptors (Lipinski definition) is 0. The molecule has 0 aliphatic heterocycles. The predicted molar refractivity (Wildman–Crippen MR) is 178 cm³/mol. The summed E-state index contributed by atoms with van der Waals surface area (Å²) in [6, 6.07) is 33.1. The molecule has 0 atom stereocenters. The van der Waals surface area contributed by atoms with Gasteiger partial charge in [0.05, 0.1) is 27.6 Å². The molecule has 0 saturated carbocycles. The van der Waals surface area contributed by atoms with Crippen LogP contribution in [0, 0.1) is 0 Å². The van der Waals surface area contributed by atoms with Crippen molar-refractivity contribution < 1.29 is 13.2 Å². The van der Waals surface area contributed by atoms with Crippen LogP contribution in [-0.2, 0) is 17.0 Å². The van der Waals surface area contributed by atoms with Crippen LogP contribution in [-0.4, -0.2) is 9.13 Å². The van der Waals surface area contributed by atoms with Crippen LogP contribution in [0.5, 0.6) is 0 Å². The topological polar surface area (TPSA) is 9.86 Å². The van der Waals surface area contributed by atoms with Crippen LogP contribution in [0.25, 0.3) is 55.0 Å². The van der Waals surface area contributed by atoms with E-state index in [1.807, 2.05) is 63.7 Å². The summed E-state index contributed by atoms with van der Waals surface area (Å²) in [6.07, 6.45) is -4.53. The summed E-state index contributed by atoms with van der Waals surface area (Å²) in [7, 11) is 0. The number of aromatic nitrogens is 2. The number of alkyl halides is 3. The summed E-state index contributed by atoms with van der Waals surface area (Å²) in [5, 5.41) is 4.04. The molecule has 0 amide bonds. The van der Waals surface area contributed by atoms with Gasteiger partial charge in [0, 0.05) is 32.9 Å². The minimum atomic E-state index is -4.53. The normalized spacial score (nSPS) is 13.1. The first-order valence-corrected chi connectivity index (χ1v) is 15.0. The van der Waals surface area contributed by atoms with E-state index in [1.54, 1.807) is 0 Å². The number of hydrogen-bond donors (Lipinski definition) is 0. The molecule has 5 heteroatoms. The van der Waals surface area contributed by atoms with Crippen LogP contribution in [0.2, 0.25) is 0 Å². The average molecular weight is 589 g/mol. The Balaban J connectivity index is 1.61. The molecule has 222 valence electrons. The Morgan fingerprint density at radius 1 is 0.409 bits per heavy atom. The van der Waals surface area contributed by atoms with E-state index >= 15 is 0 Å². The average Bonchev–Trinajstić information content (AvgIpc) is 3.48. The summed E-state index contributed by atoms with van der Waals surface area (Å²) in [5.41, 5.74) is 5.80. The maximum atomic E-state index is 14.7. The number of para-hydroxylation sites is 2. The summed E-state index contributed by atoms with van der Waals surface area (Å²) >= 11 is 0. The molecular formula is C39H35F3N2. The largest absolute Gasteiger partial charge is 0.416 e. The van der Waals surface area contributed by atoms with Crippen molar-refractivity contribution in [2.45, 2.75) is 58.5 Å². The molecule has 2 nitrogen and oxygen atoms in total. The molecule has 0 aliphatic rings. The van der Waals surface area contributed by atoms with Crippen molar-refractivity contribution in [3.8, 4) is 11.4 Å². The summed E-state index contributed by atoms with van der Waals surface area (Å²) in [4.78, 5) is 0. The van der Waals surface area contributed by atoms with Crippen molar-refractivity contribution in [3.05, 3.63) is 120 Å². The zero-order chi connectivity index (χ0) is 31.2. The Labute approximate surface area is 255 Å². The van der Waals surface area contributed by atoms with E-state index in [2.05, 4.69) is 77.9 Å². The van der Waals surface area contributed by atoms with Crippen LogP contribution < -0.4 is 0 Å². The quantitative estimate of drug-likeness (QED) is 0.190. The summed E-state index contributed by atoms with van der Waals surface area (Å²) in [5.74, 6) is 0. The van der Waals surface area contributed by atoms with Gasteiger partial charge in [-0.15, -0.1) is 0 Å². The van der Waals surface area contributed by atoms with Crippen LogP contribution >= 0.6 is 0 Å². The van der Waals surface area contributed by atoms with Crippen molar-refractivity contribution in [1.29, 1.82) is 0 Å². The van der Waals surface area contributed by atoms with Crippen LogP contribution in [0.1, 0.15) is 58.2 Å². The molecule has 0 N–H and O–H groups in total. The highest BCUT2D eigenvalue weighted by Crippen LogP contribution is 2.40. The molecule has 0 spiro atoms. The van der Waals surface area contributed by atoms with Crippen molar-refractivity contribution in [2.75, 3.05) is 0 Å². The molecule has 7 rings (SSSR count). The van der Waals surface area contributed by atoms with E-state index in [0.717, 1.165) is 54.7 Å². The third-order valence-corrected chi connectivity index (χ3v) is 8.83. The smallest absolute Gasteiger partial charge is 0.309 e. The number of nitrogens with zero attached hydrogens (tertiary/aromatic N) is 2. The van der Waals surface area contributed by atoms with Gasteiger partial charge in [-0.05, 0) is 64.4 Å². The molecule has 0 fully saturated rings. The first-order valence-electron chi connectivity index (χ1n) is 15.0. The van der Waals surface area contributed by atoms with Crippen molar-refractivity contribution in [2.24, 2.45) is 0 Å². The zero-order valence-corrected chi connectivity index (χ0v) is 25.8. The second-order valence-corrected chi connectivity index (χ2v) is 13.9. The number of fused-ring (bicyclic) bond motifs is 6. The second-order valence-electron chi connectivity index (χ2n) is 13.9. The van der Waals surface area contributed by atoms with E-state index in [9.17, 15) is 13.2 Å². The second kappa shape index (κ2) is 9.49. The van der Waals surface area contributed by atoms with E-state index < -0.39 is 11.7 Å². The molecule has 5 aromatic carbocycles. The van der Waals surface area contributed by atoms with Gasteiger partial charge in [0.25, 0.3) is 0 Å². The molecule has 0 unspecified atom stereocenters. The van der Waals surface area contributed by atoms with Crippen molar-refractivity contribution in [1.82, 2.24) is 9.13 Å². The fourth-order valence-electron chi connectivity index (χ4n) is 6.45. The Morgan fingerprint density at radius 2 is 0.795 bits per heavy atom. The standard InChI is InChI=1S/C39H35F3N2/c1-37(2,3)24-15-17-31-29-11-7-9-13-33(29)43(35(31)21-24)27-19-26(39(40,41)42)20-28(23-27)44-34-14-10-8-12-30(34)32-18-16-25(22-36(32)44)38(4,5)6/h7-23H,1-6H3. The van der Waals surface area contributed by atoms with E-state index in [-0.39, 0.29) is 10.8 Å². The van der Waals surface area contributed by atoms with Gasteiger partial charge in [-0.2, -0.15) is 13.2 Å². The van der Waals surface area contributed by atoms with E-state index in [0.29, 0.717) is 11.4 Å². The molecule has 0 aliphatic carbocycles. The number of benzene rings is 5. The van der Waals surface area contributed by atoms with Gasteiger partial charge in [-0.1, -0.05) is 102 Å². The Bertz CT molecular complexity index is 2080. The lowest BCUT2D eigenvalue weighted by atomic mass is 9.86. The van der Waals surface area contributed by atoms with Gasteiger partial charge < -0.3 is 9.13 Å². The lowest BCUT2D eigenvalue weighted by Crippen LogP contribution is -2.11. The van der Waals surface area contributed by atoms with Gasteiger partial charge in [0.1, 0.15) is 0 Å². The Kier molecular flexibility index (Phi) is 6.10. The SMILES string of the molecule is CC(C)(C)c1ccc2c3ccccc3n(-c3cc(-n4c5ccccc5c5ccc(C(C)(C)C)cc54)cc(C(F)(F)F)c3)c2c1. The minimum Gasteiger partial charge on any atom is -0.309 e. The molecule has 7 aromatic rings. The number of rotatable bonds is 2.